The Morgan fingerprint density at radius 1 is 1.50 bits per heavy atom. The molecule has 0 atom stereocenters. The molecule has 1 aromatic heterocycles. The van der Waals surface area contributed by atoms with Crippen molar-refractivity contribution in [3.05, 3.63) is 29.7 Å². The van der Waals surface area contributed by atoms with Crippen LogP contribution in [0.15, 0.2) is 29.0 Å². The zero-order valence-electron chi connectivity index (χ0n) is 10.1. The molecule has 1 rings (SSSR count). The second kappa shape index (κ2) is 7.96. The Bertz CT molecular complexity index is 468. The molecule has 0 spiro atoms. The molecule has 0 aliphatic carbocycles. The monoisotopic (exact) mass is 306 g/mol. The lowest BCUT2D eigenvalue weighted by atomic mass is 10.3. The average Bonchev–Trinajstić information content (AvgIpc) is 2.79. The summed E-state index contributed by atoms with van der Waals surface area (Å²) < 4.78 is 26.8. The van der Waals surface area contributed by atoms with Crippen molar-refractivity contribution in [1.29, 1.82) is 0 Å². The molecule has 0 radical (unpaired) electrons. The van der Waals surface area contributed by atoms with Crippen LogP contribution in [-0.2, 0) is 16.4 Å². The molecule has 0 saturated heterocycles. The summed E-state index contributed by atoms with van der Waals surface area (Å²) in [6, 6.07) is 3.45. The lowest BCUT2D eigenvalue weighted by molar-refractivity contribution is 0.586. The minimum atomic E-state index is -3.36. The quantitative estimate of drug-likeness (QED) is 0.535. The summed E-state index contributed by atoms with van der Waals surface area (Å²) in [6.07, 6.45) is 2.52. The van der Waals surface area contributed by atoms with E-state index in [1.807, 2.05) is 6.07 Å². The maximum absolute atomic E-state index is 11.9. The smallest absolute Gasteiger partial charge is 0.250 e. The first kappa shape index (κ1) is 15.7. The van der Waals surface area contributed by atoms with E-state index < -0.39 is 10.0 Å². The van der Waals surface area contributed by atoms with E-state index in [2.05, 4.69) is 11.3 Å². The molecule has 0 unspecified atom stereocenters. The van der Waals surface area contributed by atoms with Gasteiger partial charge in [0.2, 0.25) is 10.0 Å². The van der Waals surface area contributed by atoms with Gasteiger partial charge in [-0.1, -0.05) is 6.08 Å². The number of rotatable bonds is 9. The predicted molar refractivity (Wildman–Crippen MR) is 79.8 cm³/mol. The molecule has 0 saturated carbocycles. The number of nitrogens with one attached hydrogen (secondary N) is 1. The summed E-state index contributed by atoms with van der Waals surface area (Å²) in [4.78, 5) is 0.999. The third kappa shape index (κ3) is 5.11. The Kier molecular flexibility index (Phi) is 6.95. The van der Waals surface area contributed by atoms with E-state index in [4.69, 9.17) is 5.73 Å². The van der Waals surface area contributed by atoms with Crippen molar-refractivity contribution in [2.45, 2.75) is 10.6 Å². The summed E-state index contributed by atoms with van der Waals surface area (Å²) in [5.74, 6) is 1.58. The van der Waals surface area contributed by atoms with Crippen LogP contribution in [0.3, 0.4) is 0 Å². The lowest BCUT2D eigenvalue weighted by Crippen LogP contribution is -2.25. The lowest BCUT2D eigenvalue weighted by Gasteiger charge is -2.03. The van der Waals surface area contributed by atoms with E-state index in [1.165, 1.54) is 11.3 Å². The van der Waals surface area contributed by atoms with Crippen LogP contribution in [0.5, 0.6) is 0 Å². The normalized spacial score (nSPS) is 11.6. The van der Waals surface area contributed by atoms with Crippen molar-refractivity contribution in [3.8, 4) is 0 Å². The molecule has 3 N–H and O–H groups in total. The molecule has 0 aromatic carbocycles. The minimum absolute atomic E-state index is 0.361. The Labute approximate surface area is 117 Å². The number of sulfonamides is 1. The summed E-state index contributed by atoms with van der Waals surface area (Å²) in [5, 5.41) is 0. The van der Waals surface area contributed by atoms with E-state index in [1.54, 1.807) is 23.9 Å². The predicted octanol–water partition coefficient (Wildman–Crippen LogP) is 1.45. The molecule has 4 nitrogen and oxygen atoms in total. The van der Waals surface area contributed by atoms with Gasteiger partial charge in [0.15, 0.2) is 0 Å². The summed E-state index contributed by atoms with van der Waals surface area (Å²) >= 11 is 2.92. The molecule has 0 amide bonds. The molecular weight excluding hydrogens is 288 g/mol. The molecule has 1 heterocycles. The summed E-state index contributed by atoms with van der Waals surface area (Å²) in [7, 11) is -3.36. The standard InChI is InChI=1S/C11H18N2O2S3/c1-2-8-16-9-7-13-18(14,15)11-4-3-10(17-11)5-6-12/h2-4,13H,1,5-9,12H2. The molecular formula is C11H18N2O2S3. The highest BCUT2D eigenvalue weighted by atomic mass is 32.2. The van der Waals surface area contributed by atoms with Crippen LogP contribution >= 0.6 is 23.1 Å². The average molecular weight is 306 g/mol. The van der Waals surface area contributed by atoms with Crippen LogP contribution in [0.1, 0.15) is 4.88 Å². The largest absolute Gasteiger partial charge is 0.330 e. The highest BCUT2D eigenvalue weighted by molar-refractivity contribution is 7.99. The van der Waals surface area contributed by atoms with Crippen molar-refractivity contribution in [3.63, 3.8) is 0 Å². The summed E-state index contributed by atoms with van der Waals surface area (Å²) in [5.41, 5.74) is 5.44. The fraction of sp³-hybridized carbons (Fsp3) is 0.455. The van der Waals surface area contributed by atoms with Crippen molar-refractivity contribution >= 4 is 33.1 Å². The van der Waals surface area contributed by atoms with Gasteiger partial charge in [-0.05, 0) is 25.1 Å². The Hall–Kier alpha value is -0.340. The van der Waals surface area contributed by atoms with Gasteiger partial charge < -0.3 is 5.73 Å². The Morgan fingerprint density at radius 3 is 2.94 bits per heavy atom. The minimum Gasteiger partial charge on any atom is -0.330 e. The third-order valence-corrected chi connectivity index (χ3v) is 6.13. The number of hydrogen-bond acceptors (Lipinski definition) is 5. The third-order valence-electron chi connectivity index (χ3n) is 2.07. The van der Waals surface area contributed by atoms with Crippen LogP contribution in [-0.4, -0.2) is 33.0 Å². The Balaban J connectivity index is 2.49. The van der Waals surface area contributed by atoms with E-state index in [-0.39, 0.29) is 0 Å². The number of hydrogen-bond donors (Lipinski definition) is 2. The molecule has 0 aliphatic heterocycles. The van der Waals surface area contributed by atoms with Gasteiger partial charge in [-0.15, -0.1) is 17.9 Å². The van der Waals surface area contributed by atoms with Crippen LogP contribution in [0.4, 0.5) is 0 Å². The van der Waals surface area contributed by atoms with Crippen LogP contribution in [0.25, 0.3) is 0 Å². The second-order valence-corrected chi connectivity index (χ2v) is 7.83. The zero-order valence-corrected chi connectivity index (χ0v) is 12.5. The molecule has 0 fully saturated rings. The van der Waals surface area contributed by atoms with E-state index in [0.29, 0.717) is 17.3 Å². The first-order chi connectivity index (χ1) is 8.60. The van der Waals surface area contributed by atoms with Gasteiger partial charge in [0.1, 0.15) is 4.21 Å². The Morgan fingerprint density at radius 2 is 2.28 bits per heavy atom. The van der Waals surface area contributed by atoms with E-state index >= 15 is 0 Å². The van der Waals surface area contributed by atoms with Crippen molar-refractivity contribution < 1.29 is 8.42 Å². The molecule has 7 heteroatoms. The van der Waals surface area contributed by atoms with Crippen LogP contribution < -0.4 is 10.5 Å². The van der Waals surface area contributed by atoms with E-state index in [9.17, 15) is 8.42 Å². The summed E-state index contributed by atoms with van der Waals surface area (Å²) in [6.45, 7) is 4.58. The number of thioether (sulfide) groups is 1. The molecule has 18 heavy (non-hydrogen) atoms. The fourth-order valence-electron chi connectivity index (χ4n) is 1.27. The second-order valence-electron chi connectivity index (χ2n) is 3.52. The molecule has 0 aliphatic rings. The topological polar surface area (TPSA) is 72.2 Å². The van der Waals surface area contributed by atoms with Crippen molar-refractivity contribution in [2.24, 2.45) is 5.73 Å². The molecule has 102 valence electrons. The van der Waals surface area contributed by atoms with E-state index in [0.717, 1.165) is 22.8 Å². The van der Waals surface area contributed by atoms with Gasteiger partial charge in [0, 0.05) is 22.9 Å². The van der Waals surface area contributed by atoms with Gasteiger partial charge in [0.05, 0.1) is 0 Å². The maximum atomic E-state index is 11.9. The number of nitrogens with two attached hydrogens (primary N) is 1. The van der Waals surface area contributed by atoms with Crippen LogP contribution in [0, 0.1) is 0 Å². The van der Waals surface area contributed by atoms with Gasteiger partial charge in [-0.3, -0.25) is 0 Å². The highest BCUT2D eigenvalue weighted by Crippen LogP contribution is 2.21. The van der Waals surface area contributed by atoms with Gasteiger partial charge in [-0.2, -0.15) is 11.8 Å². The van der Waals surface area contributed by atoms with Gasteiger partial charge in [0.25, 0.3) is 0 Å². The maximum Gasteiger partial charge on any atom is 0.250 e. The van der Waals surface area contributed by atoms with Gasteiger partial charge >= 0.3 is 0 Å². The number of thiophene rings is 1. The van der Waals surface area contributed by atoms with Gasteiger partial charge in [-0.25, -0.2) is 13.1 Å². The van der Waals surface area contributed by atoms with Crippen molar-refractivity contribution in [2.75, 3.05) is 24.6 Å². The first-order valence-electron chi connectivity index (χ1n) is 5.57. The first-order valence-corrected chi connectivity index (χ1v) is 9.02. The fourth-order valence-corrected chi connectivity index (χ4v) is 4.42. The van der Waals surface area contributed by atoms with Crippen molar-refractivity contribution in [1.82, 2.24) is 4.72 Å². The highest BCUT2D eigenvalue weighted by Gasteiger charge is 2.15. The molecule has 1 aromatic rings. The van der Waals surface area contributed by atoms with Crippen LogP contribution in [0.2, 0.25) is 0 Å². The molecule has 0 bridgehead atoms. The SMILES string of the molecule is C=CCSCCNS(=O)(=O)c1ccc(CCN)s1. The zero-order chi connectivity index (χ0) is 13.4.